The number of nitrogens with zero attached hydrogens (tertiary/aromatic N) is 8. The number of pyridine rings is 2. The third kappa shape index (κ3) is 7.69. The molecule has 0 unspecified atom stereocenters. The standard InChI is InChI=1S/C50H50ClN9O3/c1-49(2)45(50(3,4)46(49)63-37-16-12-33(25-52)40(51)24-37)57-44(61)35-27-55-47(56-28-35)60-20-18-30(19-21-60)10-14-36-15-11-34(26-53-36)41-22-31-8-7-9-38(39(31)29-54-41)32-13-17-42-43(23-32)59(6)48(62)58(42)5/h7-9,11-13,15-17,22-24,26-30,45-46H,10,14,18-21H2,1-6H3,(H,57,61). The second kappa shape index (κ2) is 16.3. The number of piperidine rings is 1. The van der Waals surface area contributed by atoms with Gasteiger partial charge in [-0.25, -0.2) is 14.8 Å². The molecule has 63 heavy (non-hydrogen) atoms. The number of anilines is 1. The van der Waals surface area contributed by atoms with Crippen LogP contribution in [0.1, 0.15) is 68.6 Å². The molecule has 9 rings (SSSR count). The Morgan fingerprint density at radius 3 is 2.29 bits per heavy atom. The van der Waals surface area contributed by atoms with Gasteiger partial charge in [-0.1, -0.05) is 63.6 Å². The third-order valence-corrected chi connectivity index (χ3v) is 13.8. The van der Waals surface area contributed by atoms with Crippen molar-refractivity contribution in [2.45, 2.75) is 65.5 Å². The zero-order chi connectivity index (χ0) is 44.2. The highest BCUT2D eigenvalue weighted by molar-refractivity contribution is 6.31. The van der Waals surface area contributed by atoms with Crippen LogP contribution in [0, 0.1) is 28.1 Å². The number of aromatic nitrogens is 6. The second-order valence-electron chi connectivity index (χ2n) is 18.3. The number of imidazole rings is 1. The molecule has 2 fully saturated rings. The molecule has 1 saturated carbocycles. The van der Waals surface area contributed by atoms with Crippen LogP contribution in [0.15, 0.2) is 102 Å². The average Bonchev–Trinajstić information content (AvgIpc) is 3.51. The first-order valence-corrected chi connectivity index (χ1v) is 21.8. The van der Waals surface area contributed by atoms with Gasteiger partial charge in [0.1, 0.15) is 17.9 Å². The van der Waals surface area contributed by atoms with Crippen molar-refractivity contribution in [3.8, 4) is 34.2 Å². The number of carbonyl (C=O) groups is 1. The quantitative estimate of drug-likeness (QED) is 0.143. The molecule has 7 aromatic rings. The third-order valence-electron chi connectivity index (χ3n) is 13.5. The Bertz CT molecular complexity index is 2960. The lowest BCUT2D eigenvalue weighted by Crippen LogP contribution is -2.74. The average molecular weight is 860 g/mol. The molecule has 1 saturated heterocycles. The number of nitriles is 1. The summed E-state index contributed by atoms with van der Waals surface area (Å²) in [5, 5.41) is 14.9. The predicted molar refractivity (Wildman–Crippen MR) is 247 cm³/mol. The molecule has 1 aliphatic heterocycles. The maximum Gasteiger partial charge on any atom is 0.328 e. The minimum atomic E-state index is -0.378. The fourth-order valence-corrected chi connectivity index (χ4v) is 10.4. The van der Waals surface area contributed by atoms with Gasteiger partial charge in [0.05, 0.1) is 32.9 Å². The molecule has 1 amide bonds. The van der Waals surface area contributed by atoms with Gasteiger partial charge >= 0.3 is 5.69 Å². The van der Waals surface area contributed by atoms with E-state index in [2.05, 4.69) is 102 Å². The van der Waals surface area contributed by atoms with Crippen LogP contribution >= 0.6 is 11.6 Å². The number of nitrogens with one attached hydrogen (secondary N) is 1. The highest BCUT2D eigenvalue weighted by atomic mass is 35.5. The summed E-state index contributed by atoms with van der Waals surface area (Å²) in [5.74, 6) is 1.59. The van der Waals surface area contributed by atoms with Crippen molar-refractivity contribution in [3.63, 3.8) is 0 Å². The van der Waals surface area contributed by atoms with E-state index in [1.54, 1.807) is 53.8 Å². The predicted octanol–water partition coefficient (Wildman–Crippen LogP) is 8.93. The van der Waals surface area contributed by atoms with Crippen molar-refractivity contribution < 1.29 is 9.53 Å². The minimum absolute atomic E-state index is 0.0398. The lowest BCUT2D eigenvalue weighted by atomic mass is 9.49. The smallest absolute Gasteiger partial charge is 0.328 e. The Hall–Kier alpha value is -6.58. The monoisotopic (exact) mass is 859 g/mol. The van der Waals surface area contributed by atoms with Crippen LogP contribution in [0.3, 0.4) is 0 Å². The molecule has 320 valence electrons. The Labute approximate surface area is 371 Å². The van der Waals surface area contributed by atoms with Gasteiger partial charge < -0.3 is 15.0 Å². The first-order chi connectivity index (χ1) is 30.2. The molecule has 0 atom stereocenters. The van der Waals surface area contributed by atoms with E-state index in [1.165, 1.54) is 0 Å². The molecule has 4 aromatic heterocycles. The molecule has 3 aromatic carbocycles. The van der Waals surface area contributed by atoms with E-state index in [1.807, 2.05) is 18.5 Å². The Morgan fingerprint density at radius 2 is 1.59 bits per heavy atom. The van der Waals surface area contributed by atoms with Crippen molar-refractivity contribution in [2.75, 3.05) is 18.0 Å². The zero-order valence-electron chi connectivity index (χ0n) is 36.4. The van der Waals surface area contributed by atoms with E-state index in [0.29, 0.717) is 33.8 Å². The van der Waals surface area contributed by atoms with E-state index >= 15 is 0 Å². The Morgan fingerprint density at radius 1 is 0.857 bits per heavy atom. The Balaban J connectivity index is 0.762. The van der Waals surface area contributed by atoms with Gasteiger partial charge in [-0.3, -0.25) is 23.9 Å². The summed E-state index contributed by atoms with van der Waals surface area (Å²) in [6.45, 7) is 10.0. The van der Waals surface area contributed by atoms with Gasteiger partial charge in [0.2, 0.25) is 5.95 Å². The molecule has 1 aliphatic carbocycles. The highest BCUT2D eigenvalue weighted by Crippen LogP contribution is 2.55. The topological polar surface area (TPSA) is 144 Å². The number of hydrogen-bond donors (Lipinski definition) is 1. The van der Waals surface area contributed by atoms with Gasteiger partial charge in [-0.2, -0.15) is 5.26 Å². The van der Waals surface area contributed by atoms with Crippen LogP contribution < -0.4 is 20.6 Å². The summed E-state index contributed by atoms with van der Waals surface area (Å²) in [6, 6.07) is 25.8. The Kier molecular flexibility index (Phi) is 10.8. The SMILES string of the molecule is Cn1c(=O)n(C)c2cc(-c3cccc4cc(-c5ccc(CCC6CCN(c7ncc(C(=O)NC8C(C)(C)C(Oc9ccc(C#N)c(Cl)c9)C8(C)C)cn7)CC6)nc5)ncc34)ccc21. The van der Waals surface area contributed by atoms with Gasteiger partial charge in [0.15, 0.2) is 0 Å². The molecule has 0 radical (unpaired) electrons. The van der Waals surface area contributed by atoms with Crippen molar-refractivity contribution in [1.29, 1.82) is 5.26 Å². The molecule has 5 heterocycles. The van der Waals surface area contributed by atoms with Crippen molar-refractivity contribution in [3.05, 3.63) is 130 Å². The fraction of sp³-hybridized carbons (Fsp3) is 0.340. The summed E-state index contributed by atoms with van der Waals surface area (Å²) in [6.07, 6.45) is 10.9. The van der Waals surface area contributed by atoms with Crippen LogP contribution in [0.4, 0.5) is 5.95 Å². The van der Waals surface area contributed by atoms with E-state index in [-0.39, 0.29) is 34.6 Å². The number of fused-ring (bicyclic) bond motifs is 2. The van der Waals surface area contributed by atoms with Gasteiger partial charge in [-0.05, 0) is 90.6 Å². The van der Waals surface area contributed by atoms with E-state index in [4.69, 9.17) is 26.3 Å². The van der Waals surface area contributed by atoms with Crippen molar-refractivity contribution in [1.82, 2.24) is 34.4 Å². The molecule has 2 aliphatic rings. The lowest BCUT2D eigenvalue weighted by Gasteiger charge is -2.63. The van der Waals surface area contributed by atoms with Crippen molar-refractivity contribution >= 4 is 45.3 Å². The van der Waals surface area contributed by atoms with Crippen LogP contribution in [0.25, 0.3) is 44.2 Å². The van der Waals surface area contributed by atoms with Crippen LogP contribution in [-0.2, 0) is 20.5 Å². The van der Waals surface area contributed by atoms with Gasteiger partial charge in [-0.15, -0.1) is 0 Å². The first-order valence-electron chi connectivity index (χ1n) is 21.5. The number of carbonyl (C=O) groups excluding carboxylic acids is 1. The van der Waals surface area contributed by atoms with Crippen LogP contribution in [-0.4, -0.2) is 60.2 Å². The minimum Gasteiger partial charge on any atom is -0.489 e. The fourth-order valence-electron chi connectivity index (χ4n) is 10.2. The normalized spacial score (nSPS) is 18.2. The van der Waals surface area contributed by atoms with Gasteiger partial charge in [0, 0.05) is 91.6 Å². The maximum atomic E-state index is 13.5. The van der Waals surface area contributed by atoms with Gasteiger partial charge in [0.25, 0.3) is 5.91 Å². The number of halogens is 1. The summed E-state index contributed by atoms with van der Waals surface area (Å²) < 4.78 is 9.73. The molecule has 12 nitrogen and oxygen atoms in total. The van der Waals surface area contributed by atoms with Crippen LogP contribution in [0.2, 0.25) is 5.02 Å². The summed E-state index contributed by atoms with van der Waals surface area (Å²) in [4.78, 5) is 47.1. The zero-order valence-corrected chi connectivity index (χ0v) is 37.1. The molecule has 0 bridgehead atoms. The number of ether oxygens (including phenoxy) is 1. The molecule has 1 N–H and O–H groups in total. The molecule has 13 heteroatoms. The molecular formula is C50H50ClN9O3. The number of hydrogen-bond acceptors (Lipinski definition) is 9. The van der Waals surface area contributed by atoms with E-state index in [0.717, 1.165) is 88.7 Å². The highest BCUT2D eigenvalue weighted by Gasteiger charge is 2.64. The number of aryl methyl sites for hydroxylation is 3. The molecule has 0 spiro atoms. The molecular weight excluding hydrogens is 810 g/mol. The van der Waals surface area contributed by atoms with Crippen molar-refractivity contribution in [2.24, 2.45) is 30.8 Å². The first kappa shape index (κ1) is 41.8. The summed E-state index contributed by atoms with van der Waals surface area (Å²) in [5.41, 5.74) is 6.86. The summed E-state index contributed by atoms with van der Waals surface area (Å²) >= 11 is 6.26. The van der Waals surface area contributed by atoms with E-state index in [9.17, 15) is 14.9 Å². The van der Waals surface area contributed by atoms with E-state index < -0.39 is 0 Å². The van der Waals surface area contributed by atoms with Crippen LogP contribution in [0.5, 0.6) is 5.75 Å². The largest absolute Gasteiger partial charge is 0.489 e. The second-order valence-corrected chi connectivity index (χ2v) is 18.7. The maximum absolute atomic E-state index is 13.5. The lowest BCUT2D eigenvalue weighted by molar-refractivity contribution is -0.164. The number of rotatable bonds is 10. The summed E-state index contributed by atoms with van der Waals surface area (Å²) in [7, 11) is 3.60. The number of benzene rings is 3. The number of amides is 1.